The van der Waals surface area contributed by atoms with Gasteiger partial charge >= 0.3 is 0 Å². The van der Waals surface area contributed by atoms with Gasteiger partial charge < -0.3 is 0 Å². The van der Waals surface area contributed by atoms with Crippen LogP contribution in [0.15, 0.2) is 18.2 Å². The highest BCUT2D eigenvalue weighted by atomic mass is 28.3. The zero-order valence-electron chi connectivity index (χ0n) is 9.44. The average molecular weight is 192 g/mol. The van der Waals surface area contributed by atoms with Crippen molar-refractivity contribution in [3.8, 4) is 0 Å². The molecule has 0 atom stereocenters. The molecule has 0 saturated heterocycles. The Balaban J connectivity index is 3.16. The standard InChI is InChI=1S/C12H20Si/c1-6-11-7-10(2)8-12(9-11)13(3,4)5/h7-9H,6H2,1-5H3. The Morgan fingerprint density at radius 3 is 2.15 bits per heavy atom. The van der Waals surface area contributed by atoms with Gasteiger partial charge in [0.2, 0.25) is 0 Å². The highest BCUT2D eigenvalue weighted by Gasteiger charge is 2.16. The van der Waals surface area contributed by atoms with Gasteiger partial charge in [0.05, 0.1) is 8.07 Å². The third kappa shape index (κ3) is 2.70. The van der Waals surface area contributed by atoms with Gasteiger partial charge in [0.1, 0.15) is 0 Å². The van der Waals surface area contributed by atoms with E-state index in [0.717, 1.165) is 6.42 Å². The van der Waals surface area contributed by atoms with Crippen LogP contribution in [0, 0.1) is 6.92 Å². The molecule has 0 bridgehead atoms. The summed E-state index contributed by atoms with van der Waals surface area (Å²) in [5, 5.41) is 1.59. The Bertz CT molecular complexity index is 294. The summed E-state index contributed by atoms with van der Waals surface area (Å²) < 4.78 is 0. The van der Waals surface area contributed by atoms with Crippen molar-refractivity contribution < 1.29 is 0 Å². The molecular weight excluding hydrogens is 172 g/mol. The van der Waals surface area contributed by atoms with Crippen LogP contribution >= 0.6 is 0 Å². The molecule has 0 heterocycles. The van der Waals surface area contributed by atoms with E-state index in [1.165, 1.54) is 11.1 Å². The molecule has 0 N–H and O–H groups in total. The lowest BCUT2D eigenvalue weighted by Gasteiger charge is -2.18. The zero-order chi connectivity index (χ0) is 10.1. The van der Waals surface area contributed by atoms with E-state index < -0.39 is 8.07 Å². The number of rotatable bonds is 2. The van der Waals surface area contributed by atoms with E-state index >= 15 is 0 Å². The maximum atomic E-state index is 2.40. The number of hydrogen-bond acceptors (Lipinski definition) is 0. The van der Waals surface area contributed by atoms with Crippen LogP contribution in [0.2, 0.25) is 19.6 Å². The molecule has 1 aromatic rings. The smallest absolute Gasteiger partial charge is 0.0656 e. The first-order valence-corrected chi connectivity index (χ1v) is 8.54. The topological polar surface area (TPSA) is 0 Å². The first-order chi connectivity index (χ1) is 5.93. The first kappa shape index (κ1) is 10.5. The third-order valence-electron chi connectivity index (χ3n) is 2.41. The average Bonchev–Trinajstić information content (AvgIpc) is 2.01. The van der Waals surface area contributed by atoms with E-state index in [1.807, 2.05) is 0 Å². The summed E-state index contributed by atoms with van der Waals surface area (Å²) in [6, 6.07) is 7.04. The van der Waals surface area contributed by atoms with Crippen LogP contribution in [0.5, 0.6) is 0 Å². The molecule has 0 saturated carbocycles. The van der Waals surface area contributed by atoms with Gasteiger partial charge in [-0.15, -0.1) is 0 Å². The molecule has 13 heavy (non-hydrogen) atoms. The fourth-order valence-corrected chi connectivity index (χ4v) is 2.78. The van der Waals surface area contributed by atoms with Crippen LogP contribution in [0.1, 0.15) is 18.1 Å². The molecule has 1 aromatic carbocycles. The van der Waals surface area contributed by atoms with Gasteiger partial charge in [-0.2, -0.15) is 0 Å². The van der Waals surface area contributed by atoms with E-state index in [0.29, 0.717) is 0 Å². The summed E-state index contributed by atoms with van der Waals surface area (Å²) in [6.07, 6.45) is 1.15. The maximum absolute atomic E-state index is 2.40. The molecule has 0 unspecified atom stereocenters. The van der Waals surface area contributed by atoms with Gasteiger partial charge in [0.15, 0.2) is 0 Å². The molecule has 0 amide bonds. The van der Waals surface area contributed by atoms with Crippen LogP contribution in [0.25, 0.3) is 0 Å². The first-order valence-electron chi connectivity index (χ1n) is 5.04. The lowest BCUT2D eigenvalue weighted by Crippen LogP contribution is -2.37. The molecule has 0 radical (unpaired) electrons. The van der Waals surface area contributed by atoms with Crippen molar-refractivity contribution in [1.82, 2.24) is 0 Å². The van der Waals surface area contributed by atoms with Crippen LogP contribution in [-0.4, -0.2) is 8.07 Å². The Morgan fingerprint density at radius 1 is 1.08 bits per heavy atom. The van der Waals surface area contributed by atoms with Crippen LogP contribution in [0.3, 0.4) is 0 Å². The van der Waals surface area contributed by atoms with E-state index in [2.05, 4.69) is 51.7 Å². The summed E-state index contributed by atoms with van der Waals surface area (Å²) in [7, 11) is -1.11. The number of aryl methyl sites for hydroxylation is 2. The molecule has 72 valence electrons. The van der Waals surface area contributed by atoms with E-state index in [9.17, 15) is 0 Å². The second-order valence-corrected chi connectivity index (χ2v) is 9.89. The molecular formula is C12H20Si. The Hall–Kier alpha value is -0.563. The lowest BCUT2D eigenvalue weighted by atomic mass is 10.1. The predicted molar refractivity (Wildman–Crippen MR) is 63.5 cm³/mol. The minimum atomic E-state index is -1.11. The van der Waals surface area contributed by atoms with E-state index in [-0.39, 0.29) is 0 Å². The summed E-state index contributed by atoms with van der Waals surface area (Å²) >= 11 is 0. The van der Waals surface area contributed by atoms with E-state index in [4.69, 9.17) is 0 Å². The predicted octanol–water partition coefficient (Wildman–Crippen LogP) is 3.10. The highest BCUT2D eigenvalue weighted by Crippen LogP contribution is 2.08. The fourth-order valence-electron chi connectivity index (χ4n) is 1.50. The van der Waals surface area contributed by atoms with Gasteiger partial charge in [-0.25, -0.2) is 0 Å². The van der Waals surface area contributed by atoms with Crippen molar-refractivity contribution in [2.75, 3.05) is 0 Å². The number of benzene rings is 1. The minimum absolute atomic E-state index is 1.11. The largest absolute Gasteiger partial charge is 0.0776 e. The van der Waals surface area contributed by atoms with Crippen molar-refractivity contribution in [2.45, 2.75) is 39.9 Å². The second-order valence-electron chi connectivity index (χ2n) is 4.81. The number of hydrogen-bond donors (Lipinski definition) is 0. The Kier molecular flexibility index (Phi) is 2.97. The normalized spacial score (nSPS) is 11.8. The molecule has 0 aliphatic heterocycles. The molecule has 0 aliphatic rings. The molecule has 0 aromatic heterocycles. The van der Waals surface area contributed by atoms with Crippen molar-refractivity contribution in [2.24, 2.45) is 0 Å². The van der Waals surface area contributed by atoms with Gasteiger partial charge in [-0.1, -0.05) is 55.5 Å². The van der Waals surface area contributed by atoms with Crippen molar-refractivity contribution in [3.05, 3.63) is 29.3 Å². The quantitative estimate of drug-likeness (QED) is 0.632. The zero-order valence-corrected chi connectivity index (χ0v) is 10.4. The monoisotopic (exact) mass is 192 g/mol. The lowest BCUT2D eigenvalue weighted by molar-refractivity contribution is 1.13. The Labute approximate surface area is 83.0 Å². The minimum Gasteiger partial charge on any atom is -0.0656 e. The van der Waals surface area contributed by atoms with Crippen molar-refractivity contribution in [3.63, 3.8) is 0 Å². The van der Waals surface area contributed by atoms with Crippen molar-refractivity contribution in [1.29, 1.82) is 0 Å². The molecule has 0 nitrogen and oxygen atoms in total. The van der Waals surface area contributed by atoms with Gasteiger partial charge in [-0.3, -0.25) is 0 Å². The Morgan fingerprint density at radius 2 is 1.69 bits per heavy atom. The molecule has 1 heteroatoms. The molecule has 0 aliphatic carbocycles. The third-order valence-corrected chi connectivity index (χ3v) is 4.43. The maximum Gasteiger partial charge on any atom is 0.0776 e. The van der Waals surface area contributed by atoms with Crippen molar-refractivity contribution >= 4 is 13.3 Å². The molecule has 0 fully saturated rings. The van der Waals surface area contributed by atoms with Gasteiger partial charge in [-0.05, 0) is 18.9 Å². The van der Waals surface area contributed by atoms with Gasteiger partial charge in [0, 0.05) is 0 Å². The van der Waals surface area contributed by atoms with Crippen LogP contribution in [-0.2, 0) is 6.42 Å². The summed E-state index contributed by atoms with van der Waals surface area (Å²) in [4.78, 5) is 0. The second kappa shape index (κ2) is 3.67. The summed E-state index contributed by atoms with van der Waals surface area (Å²) in [6.45, 7) is 11.6. The summed E-state index contributed by atoms with van der Waals surface area (Å²) in [5.74, 6) is 0. The SMILES string of the molecule is CCc1cc(C)cc([Si](C)(C)C)c1. The molecule has 0 spiro atoms. The summed E-state index contributed by atoms with van der Waals surface area (Å²) in [5.41, 5.74) is 2.90. The van der Waals surface area contributed by atoms with Crippen LogP contribution < -0.4 is 5.19 Å². The fraction of sp³-hybridized carbons (Fsp3) is 0.500. The molecule has 1 rings (SSSR count). The van der Waals surface area contributed by atoms with Gasteiger partial charge in [0.25, 0.3) is 0 Å². The highest BCUT2D eigenvalue weighted by molar-refractivity contribution is 6.88. The van der Waals surface area contributed by atoms with E-state index in [1.54, 1.807) is 5.19 Å². The van der Waals surface area contributed by atoms with Crippen LogP contribution in [0.4, 0.5) is 0 Å².